The summed E-state index contributed by atoms with van der Waals surface area (Å²) in [4.78, 5) is 23.6. The quantitative estimate of drug-likeness (QED) is 0.737. The number of likely N-dealkylation sites (tertiary alicyclic amines) is 1. The van der Waals surface area contributed by atoms with Gasteiger partial charge in [0.2, 0.25) is 0 Å². The zero-order valence-corrected chi connectivity index (χ0v) is 18.7. The van der Waals surface area contributed by atoms with Crippen LogP contribution in [0.2, 0.25) is 0 Å². The molecule has 6 nitrogen and oxygen atoms in total. The Balaban J connectivity index is 0.000000176. The Hall–Kier alpha value is -2.86. The molecule has 2 aromatic carbocycles. The Morgan fingerprint density at radius 2 is 1.72 bits per heavy atom. The van der Waals surface area contributed by atoms with Crippen molar-refractivity contribution in [1.29, 1.82) is 0 Å². The van der Waals surface area contributed by atoms with E-state index >= 15 is 0 Å². The van der Waals surface area contributed by atoms with E-state index in [2.05, 4.69) is 30.1 Å². The minimum Gasteiger partial charge on any atom is -0.497 e. The first-order valence-electron chi connectivity index (χ1n) is 11.3. The number of hydrogen-bond acceptors (Lipinski definition) is 4. The van der Waals surface area contributed by atoms with Crippen LogP contribution in [-0.2, 0) is 11.8 Å². The fourth-order valence-electron chi connectivity index (χ4n) is 6.16. The van der Waals surface area contributed by atoms with Gasteiger partial charge in [-0.15, -0.1) is 0 Å². The number of rotatable bonds is 3. The monoisotopic (exact) mass is 437 g/mol. The van der Waals surface area contributed by atoms with Gasteiger partial charge in [0.05, 0.1) is 18.2 Å². The average molecular weight is 438 g/mol. The molecule has 170 valence electrons. The SMILES string of the molecule is COc1ccc2c(c1)[C@]13CCCC[C@@H]1[C@H](C2)N(C)CC3.O=C(O)c1ccccc1C(=O)O. The number of nitrogens with zero attached hydrogens (tertiary/aromatic N) is 1. The van der Waals surface area contributed by atoms with E-state index in [0.29, 0.717) is 5.41 Å². The fraction of sp³-hybridized carbons (Fsp3) is 0.462. The zero-order valence-electron chi connectivity index (χ0n) is 18.7. The predicted octanol–water partition coefficient (Wildman–Crippen LogP) is 4.47. The number of carboxylic acid groups (broad SMARTS) is 2. The summed E-state index contributed by atoms with van der Waals surface area (Å²) in [6.45, 7) is 1.26. The number of aromatic carboxylic acids is 2. The number of likely N-dealkylation sites (N-methyl/N-ethyl adjacent to an activating group) is 1. The molecule has 0 amide bonds. The third-order valence-electron chi connectivity index (χ3n) is 7.71. The van der Waals surface area contributed by atoms with Crippen molar-refractivity contribution in [3.8, 4) is 5.75 Å². The van der Waals surface area contributed by atoms with E-state index < -0.39 is 11.9 Å². The molecule has 6 heteroatoms. The second-order valence-electron chi connectivity index (χ2n) is 9.19. The Kier molecular flexibility index (Phi) is 6.24. The summed E-state index contributed by atoms with van der Waals surface area (Å²) in [6, 6.07) is 13.1. The second kappa shape index (κ2) is 8.94. The van der Waals surface area contributed by atoms with Crippen molar-refractivity contribution in [1.82, 2.24) is 4.90 Å². The molecule has 2 aromatic rings. The van der Waals surface area contributed by atoms with Crippen molar-refractivity contribution in [3.63, 3.8) is 0 Å². The van der Waals surface area contributed by atoms with Crippen molar-refractivity contribution in [3.05, 3.63) is 64.7 Å². The molecule has 1 aliphatic heterocycles. The predicted molar refractivity (Wildman–Crippen MR) is 122 cm³/mol. The van der Waals surface area contributed by atoms with Crippen LogP contribution in [0.3, 0.4) is 0 Å². The topological polar surface area (TPSA) is 87.1 Å². The van der Waals surface area contributed by atoms with Crippen LogP contribution in [0.25, 0.3) is 0 Å². The smallest absolute Gasteiger partial charge is 0.336 e. The van der Waals surface area contributed by atoms with Crippen LogP contribution >= 0.6 is 0 Å². The maximum atomic E-state index is 10.5. The lowest BCUT2D eigenvalue weighted by Crippen LogP contribution is -2.59. The molecular formula is C26H31NO5. The fourth-order valence-corrected chi connectivity index (χ4v) is 6.16. The van der Waals surface area contributed by atoms with Crippen LogP contribution in [0.15, 0.2) is 42.5 Å². The van der Waals surface area contributed by atoms with Gasteiger partial charge >= 0.3 is 11.9 Å². The summed E-state index contributed by atoms with van der Waals surface area (Å²) in [6.07, 6.45) is 8.22. The lowest BCUT2D eigenvalue weighted by Gasteiger charge is -2.58. The van der Waals surface area contributed by atoms with Crippen LogP contribution < -0.4 is 4.74 Å². The number of methoxy groups -OCH3 is 1. The molecule has 1 saturated heterocycles. The highest BCUT2D eigenvalue weighted by Crippen LogP contribution is 2.55. The maximum Gasteiger partial charge on any atom is 0.336 e. The Morgan fingerprint density at radius 1 is 1.03 bits per heavy atom. The average Bonchev–Trinajstić information content (AvgIpc) is 2.81. The molecule has 0 aromatic heterocycles. The van der Waals surface area contributed by atoms with E-state index in [1.807, 2.05) is 0 Å². The van der Waals surface area contributed by atoms with Gasteiger partial charge in [0.25, 0.3) is 0 Å². The third-order valence-corrected chi connectivity index (χ3v) is 7.71. The Bertz CT molecular complexity index is 986. The van der Waals surface area contributed by atoms with E-state index in [1.54, 1.807) is 18.2 Å². The molecule has 0 radical (unpaired) electrons. The Labute approximate surface area is 188 Å². The minimum absolute atomic E-state index is 0.190. The number of hydrogen-bond donors (Lipinski definition) is 2. The van der Waals surface area contributed by atoms with E-state index in [4.69, 9.17) is 14.9 Å². The summed E-state index contributed by atoms with van der Waals surface area (Å²) in [5, 5.41) is 17.1. The summed E-state index contributed by atoms with van der Waals surface area (Å²) in [5.41, 5.74) is 3.29. The molecule has 3 aliphatic rings. The van der Waals surface area contributed by atoms with Crippen LogP contribution in [0.5, 0.6) is 5.75 Å². The molecule has 0 spiro atoms. The number of piperidine rings is 1. The third kappa shape index (κ3) is 3.88. The summed E-state index contributed by atoms with van der Waals surface area (Å²) in [7, 11) is 4.12. The largest absolute Gasteiger partial charge is 0.497 e. The summed E-state index contributed by atoms with van der Waals surface area (Å²) >= 11 is 0. The Morgan fingerprint density at radius 3 is 2.34 bits per heavy atom. The molecule has 5 rings (SSSR count). The summed E-state index contributed by atoms with van der Waals surface area (Å²) < 4.78 is 5.51. The van der Waals surface area contributed by atoms with Gasteiger partial charge in [-0.2, -0.15) is 0 Å². The summed E-state index contributed by atoms with van der Waals surface area (Å²) in [5.74, 6) is -0.546. The standard InChI is InChI=1S/C18H25NO.C8H6O4/c1-19-10-9-18-8-4-3-5-15(18)17(19)11-13-6-7-14(20-2)12-16(13)18;9-7(10)5-3-1-2-4-6(5)8(11)12/h6-7,12,15,17H,3-5,8-11H2,1-2H3;1-4H,(H,9,10)(H,11,12)/t15-,17+,18+;/m1./s1. The van der Waals surface area contributed by atoms with Crippen molar-refractivity contribution in [2.24, 2.45) is 5.92 Å². The van der Waals surface area contributed by atoms with Gasteiger partial charge in [-0.3, -0.25) is 0 Å². The van der Waals surface area contributed by atoms with Gasteiger partial charge in [-0.25, -0.2) is 9.59 Å². The van der Waals surface area contributed by atoms with Gasteiger partial charge in [-0.1, -0.05) is 31.0 Å². The van der Waals surface area contributed by atoms with Gasteiger partial charge in [0, 0.05) is 11.5 Å². The van der Waals surface area contributed by atoms with E-state index in [-0.39, 0.29) is 11.1 Å². The first-order valence-corrected chi connectivity index (χ1v) is 11.3. The second-order valence-corrected chi connectivity index (χ2v) is 9.19. The van der Waals surface area contributed by atoms with Crippen molar-refractivity contribution in [2.45, 2.75) is 50.0 Å². The number of carboxylic acids is 2. The van der Waals surface area contributed by atoms with Crippen molar-refractivity contribution < 1.29 is 24.5 Å². The molecule has 2 aliphatic carbocycles. The molecule has 2 bridgehead atoms. The van der Waals surface area contributed by atoms with E-state index in [9.17, 15) is 9.59 Å². The van der Waals surface area contributed by atoms with Crippen molar-refractivity contribution >= 4 is 11.9 Å². The van der Waals surface area contributed by atoms with Gasteiger partial charge in [-0.05, 0) is 80.6 Å². The maximum absolute atomic E-state index is 10.5. The molecule has 3 atom stereocenters. The number of benzene rings is 2. The van der Waals surface area contributed by atoms with Gasteiger partial charge < -0.3 is 19.8 Å². The molecule has 1 heterocycles. The van der Waals surface area contributed by atoms with Gasteiger partial charge in [0.1, 0.15) is 5.75 Å². The molecular weight excluding hydrogens is 406 g/mol. The minimum atomic E-state index is -1.23. The first-order chi connectivity index (χ1) is 15.4. The molecule has 0 unspecified atom stereocenters. The lowest BCUT2D eigenvalue weighted by atomic mass is 9.52. The lowest BCUT2D eigenvalue weighted by molar-refractivity contribution is 0.00274. The molecule has 2 N–H and O–H groups in total. The van der Waals surface area contributed by atoms with E-state index in [0.717, 1.165) is 17.7 Å². The number of ether oxygens (including phenoxy) is 1. The number of fused-ring (bicyclic) bond motifs is 1. The zero-order chi connectivity index (χ0) is 22.9. The van der Waals surface area contributed by atoms with Crippen LogP contribution in [0.1, 0.15) is 63.9 Å². The van der Waals surface area contributed by atoms with Gasteiger partial charge in [0.15, 0.2) is 0 Å². The van der Waals surface area contributed by atoms with Crippen LogP contribution in [-0.4, -0.2) is 53.8 Å². The molecule has 2 fully saturated rings. The van der Waals surface area contributed by atoms with Crippen LogP contribution in [0, 0.1) is 5.92 Å². The highest BCUT2D eigenvalue weighted by molar-refractivity contribution is 6.01. The van der Waals surface area contributed by atoms with Crippen molar-refractivity contribution in [2.75, 3.05) is 20.7 Å². The van der Waals surface area contributed by atoms with E-state index in [1.165, 1.54) is 69.3 Å². The highest BCUT2D eigenvalue weighted by atomic mass is 16.5. The molecule has 1 saturated carbocycles. The highest BCUT2D eigenvalue weighted by Gasteiger charge is 2.53. The normalized spacial score (nSPS) is 26.1. The van der Waals surface area contributed by atoms with Crippen LogP contribution in [0.4, 0.5) is 0 Å². The molecule has 32 heavy (non-hydrogen) atoms. The number of carbonyl (C=O) groups is 2. The first kappa shape index (κ1) is 22.3.